The van der Waals surface area contributed by atoms with E-state index in [1.165, 1.54) is 0 Å². The van der Waals surface area contributed by atoms with Gasteiger partial charge in [-0.25, -0.2) is 0 Å². The van der Waals surface area contributed by atoms with Crippen molar-refractivity contribution in [3.63, 3.8) is 0 Å². The highest BCUT2D eigenvalue weighted by molar-refractivity contribution is 5.83. The van der Waals surface area contributed by atoms with E-state index in [-0.39, 0.29) is 11.9 Å². The Balaban J connectivity index is 1.71. The summed E-state index contributed by atoms with van der Waals surface area (Å²) in [4.78, 5) is 12.3. The molecule has 1 N–H and O–H groups in total. The maximum absolute atomic E-state index is 12.3. The number of nitrogens with one attached hydrogen (secondary N) is 1. The summed E-state index contributed by atoms with van der Waals surface area (Å²) in [6.45, 7) is 2.38. The fourth-order valence-electron chi connectivity index (χ4n) is 2.71. The van der Waals surface area contributed by atoms with E-state index in [9.17, 15) is 4.79 Å². The topological polar surface area (TPSA) is 51.9 Å². The van der Waals surface area contributed by atoms with Gasteiger partial charge in [-0.15, -0.1) is 0 Å². The van der Waals surface area contributed by atoms with Crippen molar-refractivity contribution >= 4 is 16.8 Å². The lowest BCUT2D eigenvalue weighted by Crippen LogP contribution is -2.31. The Labute approximate surface area is 129 Å². The summed E-state index contributed by atoms with van der Waals surface area (Å²) >= 11 is 0. The molecule has 114 valence electrons. The fourth-order valence-corrected chi connectivity index (χ4v) is 2.71. The third-order valence-electron chi connectivity index (χ3n) is 3.86. The number of para-hydroxylation sites is 1. The van der Waals surface area contributed by atoms with Gasteiger partial charge >= 0.3 is 0 Å². The van der Waals surface area contributed by atoms with Crippen LogP contribution >= 0.6 is 0 Å². The van der Waals surface area contributed by atoms with Crippen molar-refractivity contribution in [2.24, 2.45) is 7.05 Å². The van der Waals surface area contributed by atoms with Crippen molar-refractivity contribution in [3.8, 4) is 0 Å². The SMILES string of the molecule is CCC(NC(=O)Cn1ccc2ccccc21)c1cnn(C)c1. The first kappa shape index (κ1) is 14.4. The Morgan fingerprint density at radius 1 is 1.32 bits per heavy atom. The summed E-state index contributed by atoms with van der Waals surface area (Å²) in [5.74, 6) is 0.0112. The first-order chi connectivity index (χ1) is 10.7. The summed E-state index contributed by atoms with van der Waals surface area (Å²) in [5.41, 5.74) is 2.11. The van der Waals surface area contributed by atoms with Gasteiger partial charge in [0.1, 0.15) is 6.54 Å². The summed E-state index contributed by atoms with van der Waals surface area (Å²) < 4.78 is 3.73. The lowest BCUT2D eigenvalue weighted by molar-refractivity contribution is -0.122. The molecule has 0 spiro atoms. The van der Waals surface area contributed by atoms with Crippen LogP contribution in [0.25, 0.3) is 10.9 Å². The van der Waals surface area contributed by atoms with Crippen molar-refractivity contribution in [1.29, 1.82) is 0 Å². The molecule has 2 aromatic heterocycles. The van der Waals surface area contributed by atoms with Crippen LogP contribution in [0.4, 0.5) is 0 Å². The third-order valence-corrected chi connectivity index (χ3v) is 3.86. The van der Waals surface area contributed by atoms with E-state index in [1.807, 2.05) is 54.3 Å². The minimum absolute atomic E-state index is 0.00280. The minimum atomic E-state index is 0.00280. The van der Waals surface area contributed by atoms with Gasteiger partial charge in [-0.1, -0.05) is 25.1 Å². The number of hydrogen-bond donors (Lipinski definition) is 1. The molecule has 0 bridgehead atoms. The molecule has 0 aliphatic rings. The second kappa shape index (κ2) is 6.05. The van der Waals surface area contributed by atoms with Crippen LogP contribution in [-0.4, -0.2) is 20.3 Å². The molecule has 5 nitrogen and oxygen atoms in total. The van der Waals surface area contributed by atoms with Crippen molar-refractivity contribution in [1.82, 2.24) is 19.7 Å². The molecular weight excluding hydrogens is 276 g/mol. The molecular formula is C17H20N4O. The number of benzene rings is 1. The summed E-state index contributed by atoms with van der Waals surface area (Å²) in [6.07, 6.45) is 6.54. The number of rotatable bonds is 5. The van der Waals surface area contributed by atoms with Gasteiger partial charge in [-0.2, -0.15) is 5.10 Å². The van der Waals surface area contributed by atoms with Crippen molar-refractivity contribution in [2.75, 3.05) is 0 Å². The summed E-state index contributed by atoms with van der Waals surface area (Å²) in [5, 5.41) is 8.40. The second-order valence-electron chi connectivity index (χ2n) is 5.48. The van der Waals surface area contributed by atoms with E-state index in [0.717, 1.165) is 22.9 Å². The molecule has 1 unspecified atom stereocenters. The minimum Gasteiger partial charge on any atom is -0.348 e. The lowest BCUT2D eigenvalue weighted by Gasteiger charge is -2.16. The van der Waals surface area contributed by atoms with E-state index < -0.39 is 0 Å². The first-order valence-corrected chi connectivity index (χ1v) is 7.49. The van der Waals surface area contributed by atoms with E-state index in [0.29, 0.717) is 6.54 Å². The normalized spacial score (nSPS) is 12.5. The Morgan fingerprint density at radius 2 is 2.14 bits per heavy atom. The maximum Gasteiger partial charge on any atom is 0.240 e. The van der Waals surface area contributed by atoms with Gasteiger partial charge in [0.25, 0.3) is 0 Å². The van der Waals surface area contributed by atoms with E-state index in [2.05, 4.69) is 17.3 Å². The van der Waals surface area contributed by atoms with Gasteiger partial charge in [0.15, 0.2) is 0 Å². The number of carbonyl (C=O) groups is 1. The Morgan fingerprint density at radius 3 is 2.86 bits per heavy atom. The van der Waals surface area contributed by atoms with Gasteiger partial charge in [-0.05, 0) is 23.9 Å². The van der Waals surface area contributed by atoms with Crippen LogP contribution in [0, 0.1) is 0 Å². The first-order valence-electron chi connectivity index (χ1n) is 7.49. The number of nitrogens with zero attached hydrogens (tertiary/aromatic N) is 3. The van der Waals surface area contributed by atoms with Crippen LogP contribution in [-0.2, 0) is 18.4 Å². The average molecular weight is 296 g/mol. The monoisotopic (exact) mass is 296 g/mol. The predicted molar refractivity (Wildman–Crippen MR) is 86.3 cm³/mol. The number of aryl methyl sites for hydroxylation is 1. The van der Waals surface area contributed by atoms with Crippen LogP contribution in [0.1, 0.15) is 24.9 Å². The van der Waals surface area contributed by atoms with Crippen LogP contribution in [0.5, 0.6) is 0 Å². The van der Waals surface area contributed by atoms with E-state index in [1.54, 1.807) is 10.9 Å². The molecule has 1 aromatic carbocycles. The number of aromatic nitrogens is 3. The number of amides is 1. The Bertz CT molecular complexity index is 787. The van der Waals surface area contributed by atoms with Crippen LogP contribution < -0.4 is 5.32 Å². The Hall–Kier alpha value is -2.56. The molecule has 0 aliphatic carbocycles. The van der Waals surface area contributed by atoms with Crippen molar-refractivity contribution in [3.05, 3.63) is 54.5 Å². The molecule has 22 heavy (non-hydrogen) atoms. The second-order valence-corrected chi connectivity index (χ2v) is 5.48. The van der Waals surface area contributed by atoms with Gasteiger partial charge < -0.3 is 9.88 Å². The van der Waals surface area contributed by atoms with Crippen LogP contribution in [0.15, 0.2) is 48.9 Å². The molecule has 3 rings (SSSR count). The van der Waals surface area contributed by atoms with Gasteiger partial charge in [0, 0.05) is 30.5 Å². The van der Waals surface area contributed by atoms with Crippen LogP contribution in [0.3, 0.4) is 0 Å². The zero-order chi connectivity index (χ0) is 15.5. The molecule has 1 atom stereocenters. The standard InChI is InChI=1S/C17H20N4O/c1-3-15(14-10-18-20(2)11-14)19-17(22)12-21-9-8-13-6-4-5-7-16(13)21/h4-11,15H,3,12H2,1-2H3,(H,19,22). The highest BCUT2D eigenvalue weighted by Gasteiger charge is 2.15. The number of carbonyl (C=O) groups excluding carboxylic acids is 1. The maximum atomic E-state index is 12.3. The smallest absolute Gasteiger partial charge is 0.240 e. The largest absolute Gasteiger partial charge is 0.348 e. The molecule has 0 aliphatic heterocycles. The molecule has 3 aromatic rings. The van der Waals surface area contributed by atoms with Gasteiger partial charge in [0.05, 0.1) is 12.2 Å². The van der Waals surface area contributed by atoms with E-state index in [4.69, 9.17) is 0 Å². The van der Waals surface area contributed by atoms with Gasteiger partial charge in [0.2, 0.25) is 5.91 Å². The molecule has 0 saturated carbocycles. The summed E-state index contributed by atoms with van der Waals surface area (Å²) in [7, 11) is 1.88. The zero-order valence-corrected chi connectivity index (χ0v) is 12.9. The molecule has 1 amide bonds. The highest BCUT2D eigenvalue weighted by Crippen LogP contribution is 2.17. The lowest BCUT2D eigenvalue weighted by atomic mass is 10.1. The molecule has 2 heterocycles. The summed E-state index contributed by atoms with van der Waals surface area (Å²) in [6, 6.07) is 10.1. The quantitative estimate of drug-likeness (QED) is 0.787. The number of fused-ring (bicyclic) bond motifs is 1. The highest BCUT2D eigenvalue weighted by atomic mass is 16.2. The van der Waals surface area contributed by atoms with Crippen molar-refractivity contribution < 1.29 is 4.79 Å². The van der Waals surface area contributed by atoms with Crippen molar-refractivity contribution in [2.45, 2.75) is 25.9 Å². The van der Waals surface area contributed by atoms with Gasteiger partial charge in [-0.3, -0.25) is 9.48 Å². The molecule has 0 radical (unpaired) electrons. The Kier molecular flexibility index (Phi) is 3.96. The zero-order valence-electron chi connectivity index (χ0n) is 12.9. The third kappa shape index (κ3) is 2.88. The average Bonchev–Trinajstić information content (AvgIpc) is 3.12. The molecule has 0 saturated heterocycles. The molecule has 0 fully saturated rings. The predicted octanol–water partition coefficient (Wildman–Crippen LogP) is 2.64. The van der Waals surface area contributed by atoms with E-state index >= 15 is 0 Å². The number of hydrogen-bond acceptors (Lipinski definition) is 2. The fraction of sp³-hybridized carbons (Fsp3) is 0.294. The van der Waals surface area contributed by atoms with Crippen LogP contribution in [0.2, 0.25) is 0 Å². The molecule has 5 heteroatoms.